The van der Waals surface area contributed by atoms with Crippen molar-refractivity contribution in [1.82, 2.24) is 20.1 Å². The average Bonchev–Trinajstić information content (AvgIpc) is 3.44. The van der Waals surface area contributed by atoms with Gasteiger partial charge in [0.2, 0.25) is 0 Å². The Morgan fingerprint density at radius 3 is 2.67 bits per heavy atom. The van der Waals surface area contributed by atoms with Crippen LogP contribution in [0.3, 0.4) is 0 Å². The van der Waals surface area contributed by atoms with Crippen LogP contribution in [0.2, 0.25) is 0 Å². The number of likely N-dealkylation sites (tertiary alicyclic amines) is 1. The van der Waals surface area contributed by atoms with Crippen LogP contribution in [0.4, 0.5) is 4.79 Å². The summed E-state index contributed by atoms with van der Waals surface area (Å²) < 4.78 is 0.548. The Labute approximate surface area is 206 Å². The van der Waals surface area contributed by atoms with Crippen molar-refractivity contribution in [3.63, 3.8) is 0 Å². The van der Waals surface area contributed by atoms with E-state index in [2.05, 4.69) is 78.6 Å². The van der Waals surface area contributed by atoms with Gasteiger partial charge in [0.05, 0.1) is 4.58 Å². The molecule has 1 aromatic heterocycles. The number of amides is 2. The van der Waals surface area contributed by atoms with E-state index in [1.165, 1.54) is 44.8 Å². The maximum absolute atomic E-state index is 12.9. The predicted octanol–water partition coefficient (Wildman–Crippen LogP) is 5.50. The van der Waals surface area contributed by atoms with E-state index in [1.807, 2.05) is 4.90 Å². The Morgan fingerprint density at radius 1 is 1.21 bits per heavy atom. The molecular weight excluding hydrogens is 448 g/mol. The average molecular weight is 487 g/mol. The molecule has 2 saturated heterocycles. The molecule has 2 aliphatic heterocycles. The number of nitrogens with zero attached hydrogens (tertiary/aromatic N) is 2. The molecule has 3 aliphatic rings. The quantitative estimate of drug-likeness (QED) is 0.566. The third-order valence-electron chi connectivity index (χ3n) is 7.79. The normalized spacial score (nSPS) is 25.4. The maximum Gasteiger partial charge on any atom is 0.317 e. The van der Waals surface area contributed by atoms with Crippen molar-refractivity contribution in [2.75, 3.05) is 37.7 Å². The maximum atomic E-state index is 12.9. The molecule has 180 valence electrons. The highest BCUT2D eigenvalue weighted by atomic mass is 32.2. The number of benzene rings is 1. The molecule has 0 radical (unpaired) electrons. The van der Waals surface area contributed by atoms with Gasteiger partial charge in [-0.1, -0.05) is 13.0 Å². The molecule has 1 aliphatic carbocycles. The second kappa shape index (κ2) is 9.74. The summed E-state index contributed by atoms with van der Waals surface area (Å²) in [5.74, 6) is 2.95. The molecule has 0 bridgehead atoms. The molecule has 2 amide bonds. The minimum absolute atomic E-state index is 0.0894. The molecule has 5 rings (SSSR count). The number of urea groups is 1. The molecule has 0 saturated carbocycles. The lowest BCUT2D eigenvalue weighted by Crippen LogP contribution is -2.58. The van der Waals surface area contributed by atoms with Crippen LogP contribution in [0, 0.1) is 6.92 Å². The van der Waals surface area contributed by atoms with Gasteiger partial charge in [0.1, 0.15) is 0 Å². The van der Waals surface area contributed by atoms with Crippen molar-refractivity contribution >= 4 is 40.5 Å². The molecule has 2 aromatic rings. The number of piperidine rings is 1. The van der Waals surface area contributed by atoms with Gasteiger partial charge in [0, 0.05) is 65.7 Å². The van der Waals surface area contributed by atoms with Gasteiger partial charge in [0.15, 0.2) is 0 Å². The lowest BCUT2D eigenvalue weighted by molar-refractivity contribution is 0.0978. The minimum Gasteiger partial charge on any atom is -0.358 e. The second-order valence-electron chi connectivity index (χ2n) is 9.76. The van der Waals surface area contributed by atoms with Gasteiger partial charge >= 0.3 is 6.03 Å². The zero-order chi connectivity index (χ0) is 23.1. The van der Waals surface area contributed by atoms with E-state index < -0.39 is 0 Å². The molecule has 0 spiro atoms. The Kier molecular flexibility index (Phi) is 6.92. The number of nitrogens with one attached hydrogen (secondary N) is 2. The number of rotatable bonds is 6. The zero-order valence-electron chi connectivity index (χ0n) is 20.4. The van der Waals surface area contributed by atoms with Crippen molar-refractivity contribution < 1.29 is 4.79 Å². The summed E-state index contributed by atoms with van der Waals surface area (Å²) >= 11 is 4.17. The van der Waals surface area contributed by atoms with E-state index in [1.54, 1.807) is 0 Å². The van der Waals surface area contributed by atoms with Crippen LogP contribution in [-0.2, 0) is 6.42 Å². The number of hydrogen-bond acceptors (Lipinski definition) is 4. The number of carbonyl (C=O) groups is 1. The Morgan fingerprint density at radius 2 is 1.97 bits per heavy atom. The van der Waals surface area contributed by atoms with Gasteiger partial charge in [-0.05, 0) is 69.3 Å². The predicted molar refractivity (Wildman–Crippen MR) is 143 cm³/mol. The molecular formula is C26H38N4OS2. The number of aromatic amines is 1. The molecule has 3 atom stereocenters. The standard InChI is InChI=1S/C26H38N4OS2/c1-5-8-30-15-18(28-26(31)29(6-2)7-3)13-20-21-11-17(25-32-9-10-33-25)12-22-24(21)19(14-23(20)30)16(4)27-22/h11-12,18,20,23,25,27H,5-10,13-15H2,1-4H3,(H,28,31)/t18-,20+,23+/m0/s1. The zero-order valence-corrected chi connectivity index (χ0v) is 22.1. The van der Waals surface area contributed by atoms with Crippen LogP contribution in [0.1, 0.15) is 66.5 Å². The second-order valence-corrected chi connectivity index (χ2v) is 12.5. The van der Waals surface area contributed by atoms with Crippen LogP contribution >= 0.6 is 23.5 Å². The van der Waals surface area contributed by atoms with Crippen LogP contribution in [0.25, 0.3) is 10.9 Å². The first kappa shape index (κ1) is 23.4. The molecule has 2 fully saturated rings. The van der Waals surface area contributed by atoms with Gasteiger partial charge in [0.25, 0.3) is 0 Å². The van der Waals surface area contributed by atoms with E-state index in [-0.39, 0.29) is 12.1 Å². The summed E-state index contributed by atoms with van der Waals surface area (Å²) in [7, 11) is 0. The van der Waals surface area contributed by atoms with Crippen molar-refractivity contribution in [3.05, 3.63) is 34.5 Å². The first-order valence-electron chi connectivity index (χ1n) is 12.7. The highest BCUT2D eigenvalue weighted by molar-refractivity contribution is 8.19. The number of thioether (sulfide) groups is 2. The third kappa shape index (κ3) is 4.30. The fourth-order valence-electron chi connectivity index (χ4n) is 6.27. The Hall–Kier alpha value is -1.31. The van der Waals surface area contributed by atoms with Crippen molar-refractivity contribution in [3.8, 4) is 0 Å². The van der Waals surface area contributed by atoms with Gasteiger partial charge < -0.3 is 15.2 Å². The summed E-state index contributed by atoms with van der Waals surface area (Å²) in [6.07, 6.45) is 3.29. The lowest BCUT2D eigenvalue weighted by Gasteiger charge is -2.47. The number of carbonyl (C=O) groups excluding carboxylic acids is 1. The SMILES string of the molecule is CCCN1C[C@@H](NC(=O)N(CC)CC)C[C@@H]2c3cc(C4SCCS4)cc4[nH]c(C)c(c34)C[C@H]21. The van der Waals surface area contributed by atoms with Gasteiger partial charge in [-0.2, -0.15) is 0 Å². The van der Waals surface area contributed by atoms with E-state index in [9.17, 15) is 4.79 Å². The van der Waals surface area contributed by atoms with Gasteiger partial charge in [-0.25, -0.2) is 4.79 Å². The Balaban J connectivity index is 1.52. The van der Waals surface area contributed by atoms with Crippen LogP contribution in [0.5, 0.6) is 0 Å². The summed E-state index contributed by atoms with van der Waals surface area (Å²) in [6.45, 7) is 12.2. The Bertz CT molecular complexity index is 1010. The van der Waals surface area contributed by atoms with E-state index >= 15 is 0 Å². The van der Waals surface area contributed by atoms with Crippen molar-refractivity contribution in [2.24, 2.45) is 0 Å². The number of hydrogen-bond donors (Lipinski definition) is 2. The number of aromatic nitrogens is 1. The van der Waals surface area contributed by atoms with Crippen LogP contribution in [-0.4, -0.2) is 70.6 Å². The summed E-state index contributed by atoms with van der Waals surface area (Å²) in [6, 6.07) is 5.76. The van der Waals surface area contributed by atoms with Crippen molar-refractivity contribution in [2.45, 2.75) is 69.5 Å². The summed E-state index contributed by atoms with van der Waals surface area (Å²) in [5.41, 5.74) is 7.16. The number of aryl methyl sites for hydroxylation is 1. The van der Waals surface area contributed by atoms with Crippen LogP contribution in [0.15, 0.2) is 12.1 Å². The van der Waals surface area contributed by atoms with E-state index in [0.717, 1.165) is 45.4 Å². The molecule has 2 N–H and O–H groups in total. The summed E-state index contributed by atoms with van der Waals surface area (Å²) in [4.78, 5) is 21.2. The number of fused-ring (bicyclic) bond motifs is 2. The number of H-pyrrole nitrogens is 1. The molecule has 3 heterocycles. The molecule has 5 nitrogen and oxygen atoms in total. The first-order chi connectivity index (χ1) is 16.0. The summed E-state index contributed by atoms with van der Waals surface area (Å²) in [5, 5.41) is 4.87. The molecule has 7 heteroatoms. The van der Waals surface area contributed by atoms with Crippen molar-refractivity contribution in [1.29, 1.82) is 0 Å². The highest BCUT2D eigenvalue weighted by Crippen LogP contribution is 2.50. The fraction of sp³-hybridized carbons (Fsp3) is 0.654. The lowest BCUT2D eigenvalue weighted by atomic mass is 9.73. The largest absolute Gasteiger partial charge is 0.358 e. The molecule has 33 heavy (non-hydrogen) atoms. The first-order valence-corrected chi connectivity index (χ1v) is 14.8. The third-order valence-corrected chi connectivity index (χ3v) is 10.9. The molecule has 1 aromatic carbocycles. The highest BCUT2D eigenvalue weighted by Gasteiger charge is 2.42. The molecule has 0 unspecified atom stereocenters. The smallest absolute Gasteiger partial charge is 0.317 e. The monoisotopic (exact) mass is 486 g/mol. The van der Waals surface area contributed by atoms with Gasteiger partial charge in [-0.3, -0.25) is 4.90 Å². The van der Waals surface area contributed by atoms with E-state index in [4.69, 9.17) is 0 Å². The minimum atomic E-state index is 0.0894. The van der Waals surface area contributed by atoms with Gasteiger partial charge in [-0.15, -0.1) is 23.5 Å². The van der Waals surface area contributed by atoms with Crippen LogP contribution < -0.4 is 5.32 Å². The fourth-order valence-corrected chi connectivity index (χ4v) is 9.09. The topological polar surface area (TPSA) is 51.4 Å². The van der Waals surface area contributed by atoms with E-state index in [0.29, 0.717) is 16.5 Å².